The molecule has 0 radical (unpaired) electrons. The van der Waals surface area contributed by atoms with E-state index in [1.54, 1.807) is 0 Å². The molecule has 0 fully saturated rings. The average Bonchev–Trinajstić information content (AvgIpc) is 2.74. The summed E-state index contributed by atoms with van der Waals surface area (Å²) in [5.74, 6) is -0.771. The Morgan fingerprint density at radius 3 is 1.48 bits per heavy atom. The van der Waals surface area contributed by atoms with Crippen molar-refractivity contribution in [2.24, 2.45) is 0 Å². The number of aliphatic carboxylic acids is 1. The molecule has 1 atom stereocenters. The van der Waals surface area contributed by atoms with Crippen molar-refractivity contribution in [3.63, 3.8) is 0 Å². The molecule has 184 valence electrons. The highest BCUT2D eigenvalue weighted by Crippen LogP contribution is 2.17. The average molecular weight is 441 g/mol. The van der Waals surface area contributed by atoms with E-state index in [1.807, 2.05) is 0 Å². The standard InChI is InChI=1S/C27H52O4/c1-3-5-7-8-9-10-11-12-13-14-15-20-24-27(30)31-25(21-17-6-4-2)22-18-16-19-23-26(28)29/h25H,3-24H2,1-2H3,(H,28,29). The zero-order valence-electron chi connectivity index (χ0n) is 20.8. The Hall–Kier alpha value is -1.06. The molecule has 31 heavy (non-hydrogen) atoms. The Kier molecular flexibility index (Phi) is 22.8. The Morgan fingerprint density at radius 1 is 0.581 bits per heavy atom. The molecule has 0 spiro atoms. The van der Waals surface area contributed by atoms with Gasteiger partial charge in [0.2, 0.25) is 0 Å². The van der Waals surface area contributed by atoms with Gasteiger partial charge in [0, 0.05) is 12.8 Å². The first-order valence-electron chi connectivity index (χ1n) is 13.5. The van der Waals surface area contributed by atoms with Gasteiger partial charge in [0.15, 0.2) is 0 Å². The van der Waals surface area contributed by atoms with Crippen LogP contribution in [0.4, 0.5) is 0 Å². The minimum atomic E-state index is -0.728. The zero-order valence-corrected chi connectivity index (χ0v) is 20.8. The fourth-order valence-electron chi connectivity index (χ4n) is 4.06. The molecule has 1 N–H and O–H groups in total. The molecule has 0 heterocycles. The van der Waals surface area contributed by atoms with E-state index < -0.39 is 5.97 Å². The molecule has 4 nitrogen and oxygen atoms in total. The quantitative estimate of drug-likeness (QED) is 0.120. The van der Waals surface area contributed by atoms with E-state index in [1.165, 1.54) is 70.6 Å². The van der Waals surface area contributed by atoms with Crippen molar-refractivity contribution in [2.75, 3.05) is 0 Å². The second-order valence-electron chi connectivity index (χ2n) is 9.24. The van der Waals surface area contributed by atoms with Gasteiger partial charge in [-0.3, -0.25) is 9.59 Å². The number of ether oxygens (including phenoxy) is 1. The van der Waals surface area contributed by atoms with Gasteiger partial charge in [-0.1, -0.05) is 104 Å². The van der Waals surface area contributed by atoms with E-state index in [9.17, 15) is 9.59 Å². The van der Waals surface area contributed by atoms with Gasteiger partial charge in [0.1, 0.15) is 6.10 Å². The Morgan fingerprint density at radius 2 is 0.968 bits per heavy atom. The number of rotatable bonds is 24. The molecule has 0 amide bonds. The third-order valence-corrected chi connectivity index (χ3v) is 6.08. The summed E-state index contributed by atoms with van der Waals surface area (Å²) in [6, 6.07) is 0. The van der Waals surface area contributed by atoms with Crippen LogP contribution in [0.2, 0.25) is 0 Å². The number of carbonyl (C=O) groups excluding carboxylic acids is 1. The van der Waals surface area contributed by atoms with Gasteiger partial charge in [-0.2, -0.15) is 0 Å². The minimum Gasteiger partial charge on any atom is -0.481 e. The van der Waals surface area contributed by atoms with Gasteiger partial charge >= 0.3 is 11.9 Å². The first kappa shape index (κ1) is 29.9. The van der Waals surface area contributed by atoms with Crippen molar-refractivity contribution in [1.82, 2.24) is 0 Å². The fraction of sp³-hybridized carbons (Fsp3) is 0.926. The first-order valence-corrected chi connectivity index (χ1v) is 13.5. The summed E-state index contributed by atoms with van der Waals surface area (Å²) in [5, 5.41) is 8.73. The summed E-state index contributed by atoms with van der Waals surface area (Å²) in [6.07, 6.45) is 24.1. The summed E-state index contributed by atoms with van der Waals surface area (Å²) in [4.78, 5) is 22.9. The lowest BCUT2D eigenvalue weighted by Gasteiger charge is -2.18. The fourth-order valence-corrected chi connectivity index (χ4v) is 4.06. The number of hydrogen-bond donors (Lipinski definition) is 1. The highest BCUT2D eigenvalue weighted by Gasteiger charge is 2.14. The minimum absolute atomic E-state index is 0.0150. The van der Waals surface area contributed by atoms with Crippen molar-refractivity contribution < 1.29 is 19.4 Å². The van der Waals surface area contributed by atoms with Crippen molar-refractivity contribution in [3.05, 3.63) is 0 Å². The van der Waals surface area contributed by atoms with E-state index in [0.717, 1.165) is 51.4 Å². The summed E-state index contributed by atoms with van der Waals surface area (Å²) in [5.41, 5.74) is 0. The van der Waals surface area contributed by atoms with Crippen LogP contribution in [0.1, 0.15) is 155 Å². The van der Waals surface area contributed by atoms with Crippen LogP contribution in [-0.2, 0) is 14.3 Å². The van der Waals surface area contributed by atoms with Crippen LogP contribution in [0, 0.1) is 0 Å². The predicted octanol–water partition coefficient (Wildman–Crippen LogP) is 8.60. The first-order chi connectivity index (χ1) is 15.1. The number of unbranched alkanes of at least 4 members (excludes halogenated alkanes) is 15. The van der Waals surface area contributed by atoms with E-state index in [-0.39, 0.29) is 18.5 Å². The SMILES string of the molecule is CCCCCCCCCCCCCCC(=O)OC(CCCCC)CCCCCC(=O)O. The molecule has 0 rings (SSSR count). The summed E-state index contributed by atoms with van der Waals surface area (Å²) in [6.45, 7) is 4.44. The number of carboxylic acids is 1. The summed E-state index contributed by atoms with van der Waals surface area (Å²) in [7, 11) is 0. The lowest BCUT2D eigenvalue weighted by molar-refractivity contribution is -0.150. The molecule has 4 heteroatoms. The lowest BCUT2D eigenvalue weighted by atomic mass is 10.0. The predicted molar refractivity (Wildman–Crippen MR) is 130 cm³/mol. The number of esters is 1. The monoisotopic (exact) mass is 440 g/mol. The third kappa shape index (κ3) is 23.4. The maximum absolute atomic E-state index is 12.2. The molecule has 0 bridgehead atoms. The molecular formula is C27H52O4. The van der Waals surface area contributed by atoms with Gasteiger partial charge in [0.25, 0.3) is 0 Å². The molecule has 0 aliphatic carbocycles. The van der Waals surface area contributed by atoms with Crippen molar-refractivity contribution >= 4 is 11.9 Å². The molecule has 0 aromatic carbocycles. The van der Waals surface area contributed by atoms with Gasteiger partial charge in [-0.05, 0) is 38.5 Å². The van der Waals surface area contributed by atoms with Crippen LogP contribution >= 0.6 is 0 Å². The molecule has 0 saturated carbocycles. The van der Waals surface area contributed by atoms with Crippen LogP contribution < -0.4 is 0 Å². The van der Waals surface area contributed by atoms with Crippen molar-refractivity contribution in [3.8, 4) is 0 Å². The maximum Gasteiger partial charge on any atom is 0.306 e. The number of hydrogen-bond acceptors (Lipinski definition) is 3. The zero-order chi connectivity index (χ0) is 23.0. The summed E-state index contributed by atoms with van der Waals surface area (Å²) < 4.78 is 5.77. The highest BCUT2D eigenvalue weighted by atomic mass is 16.5. The Labute approximate surface area is 192 Å². The van der Waals surface area contributed by atoms with Crippen molar-refractivity contribution in [1.29, 1.82) is 0 Å². The van der Waals surface area contributed by atoms with Gasteiger partial charge < -0.3 is 9.84 Å². The molecular weight excluding hydrogens is 388 g/mol. The van der Waals surface area contributed by atoms with Crippen LogP contribution in [0.3, 0.4) is 0 Å². The molecule has 0 aliphatic rings. The topological polar surface area (TPSA) is 63.6 Å². The smallest absolute Gasteiger partial charge is 0.306 e. The van der Waals surface area contributed by atoms with Gasteiger partial charge in [-0.15, -0.1) is 0 Å². The number of carboxylic acid groups (broad SMARTS) is 1. The van der Waals surface area contributed by atoms with Gasteiger partial charge in [0.05, 0.1) is 0 Å². The molecule has 1 unspecified atom stereocenters. The van der Waals surface area contributed by atoms with Gasteiger partial charge in [-0.25, -0.2) is 0 Å². The molecule has 0 aromatic heterocycles. The van der Waals surface area contributed by atoms with Crippen LogP contribution in [0.25, 0.3) is 0 Å². The number of carbonyl (C=O) groups is 2. The largest absolute Gasteiger partial charge is 0.481 e. The Balaban J connectivity index is 3.74. The van der Waals surface area contributed by atoms with E-state index in [0.29, 0.717) is 12.8 Å². The van der Waals surface area contributed by atoms with E-state index >= 15 is 0 Å². The Bertz CT molecular complexity index is 408. The van der Waals surface area contributed by atoms with Crippen molar-refractivity contribution in [2.45, 2.75) is 161 Å². The lowest BCUT2D eigenvalue weighted by Crippen LogP contribution is -2.18. The molecule has 0 aromatic rings. The second-order valence-corrected chi connectivity index (χ2v) is 9.24. The summed E-state index contributed by atoms with van der Waals surface area (Å²) >= 11 is 0. The van der Waals surface area contributed by atoms with E-state index in [2.05, 4.69) is 13.8 Å². The second kappa shape index (κ2) is 23.6. The molecule has 0 saturated heterocycles. The van der Waals surface area contributed by atoms with Crippen LogP contribution in [0.5, 0.6) is 0 Å². The maximum atomic E-state index is 12.2. The third-order valence-electron chi connectivity index (χ3n) is 6.08. The molecule has 0 aliphatic heterocycles. The highest BCUT2D eigenvalue weighted by molar-refractivity contribution is 5.69. The van der Waals surface area contributed by atoms with Crippen LogP contribution in [0.15, 0.2) is 0 Å². The normalized spacial score (nSPS) is 12.1. The van der Waals surface area contributed by atoms with Crippen LogP contribution in [-0.4, -0.2) is 23.1 Å². The van der Waals surface area contributed by atoms with E-state index in [4.69, 9.17) is 9.84 Å².